The first kappa shape index (κ1) is 13.7. The third kappa shape index (κ3) is 3.84. The maximum Gasteiger partial charge on any atom is 0.144 e. The lowest BCUT2D eigenvalue weighted by Gasteiger charge is -2.26. The zero-order valence-electron chi connectivity index (χ0n) is 11.4. The Morgan fingerprint density at radius 2 is 1.47 bits per heavy atom. The number of hydrazone groups is 2. The Balaban J connectivity index is 3.05. The van der Waals surface area contributed by atoms with Gasteiger partial charge in [-0.2, -0.15) is 10.2 Å². The Morgan fingerprint density at radius 1 is 1.06 bits per heavy atom. The van der Waals surface area contributed by atoms with E-state index >= 15 is 0 Å². The van der Waals surface area contributed by atoms with Gasteiger partial charge in [-0.1, -0.05) is 0 Å². The van der Waals surface area contributed by atoms with Crippen molar-refractivity contribution < 1.29 is 4.79 Å². The molecule has 1 rings (SSSR count). The highest BCUT2D eigenvalue weighted by atomic mass is 16.1. The fraction of sp³-hybridized carbons (Fsp3) is 0.750. The van der Waals surface area contributed by atoms with Crippen molar-refractivity contribution >= 4 is 17.2 Å². The van der Waals surface area contributed by atoms with Crippen LogP contribution in [-0.4, -0.2) is 55.4 Å². The number of Topliss-reactive ketones (excluding diaryl/α,β-unsaturated/α-hetero) is 1. The SMILES string of the molecule is CC(=O)C1C(=NN(C)C)CCCC1=NN(C)C. The second-order valence-corrected chi connectivity index (χ2v) is 4.77. The molecule has 0 N–H and O–H groups in total. The van der Waals surface area contributed by atoms with Crippen LogP contribution in [0.25, 0.3) is 0 Å². The van der Waals surface area contributed by atoms with Gasteiger partial charge in [-0.3, -0.25) is 4.79 Å². The lowest BCUT2D eigenvalue weighted by Crippen LogP contribution is -2.36. The summed E-state index contributed by atoms with van der Waals surface area (Å²) in [5.41, 5.74) is 1.88. The van der Waals surface area contributed by atoms with Gasteiger partial charge >= 0.3 is 0 Å². The molecule has 5 heteroatoms. The molecule has 0 unspecified atom stereocenters. The van der Waals surface area contributed by atoms with Gasteiger partial charge in [-0.05, 0) is 26.2 Å². The summed E-state index contributed by atoms with van der Waals surface area (Å²) in [6.07, 6.45) is 2.78. The third-order valence-corrected chi connectivity index (χ3v) is 2.60. The van der Waals surface area contributed by atoms with E-state index in [9.17, 15) is 4.79 Å². The van der Waals surface area contributed by atoms with Crippen molar-refractivity contribution in [1.29, 1.82) is 0 Å². The number of carbonyl (C=O) groups is 1. The molecule has 17 heavy (non-hydrogen) atoms. The minimum atomic E-state index is -0.228. The largest absolute Gasteiger partial charge is 0.303 e. The van der Waals surface area contributed by atoms with Crippen LogP contribution in [0.3, 0.4) is 0 Å². The van der Waals surface area contributed by atoms with Gasteiger partial charge < -0.3 is 10.0 Å². The average molecular weight is 238 g/mol. The highest BCUT2D eigenvalue weighted by molar-refractivity contribution is 6.23. The molecule has 0 radical (unpaired) electrons. The fourth-order valence-corrected chi connectivity index (χ4v) is 2.13. The summed E-state index contributed by atoms with van der Waals surface area (Å²) >= 11 is 0. The van der Waals surface area contributed by atoms with Crippen LogP contribution < -0.4 is 0 Å². The van der Waals surface area contributed by atoms with Crippen LogP contribution in [-0.2, 0) is 4.79 Å². The molecule has 0 saturated heterocycles. The van der Waals surface area contributed by atoms with Crippen molar-refractivity contribution in [2.75, 3.05) is 28.2 Å². The van der Waals surface area contributed by atoms with Crippen molar-refractivity contribution in [1.82, 2.24) is 10.0 Å². The van der Waals surface area contributed by atoms with Gasteiger partial charge in [0.25, 0.3) is 0 Å². The van der Waals surface area contributed by atoms with Gasteiger partial charge in [0.05, 0.1) is 17.3 Å². The lowest BCUT2D eigenvalue weighted by molar-refractivity contribution is -0.117. The van der Waals surface area contributed by atoms with Crippen molar-refractivity contribution in [3.63, 3.8) is 0 Å². The molecule has 1 aliphatic carbocycles. The van der Waals surface area contributed by atoms with E-state index in [-0.39, 0.29) is 11.7 Å². The first-order valence-corrected chi connectivity index (χ1v) is 5.91. The van der Waals surface area contributed by atoms with Crippen molar-refractivity contribution in [3.05, 3.63) is 0 Å². The number of carbonyl (C=O) groups excluding carboxylic acids is 1. The van der Waals surface area contributed by atoms with E-state index in [0.717, 1.165) is 30.7 Å². The van der Waals surface area contributed by atoms with Crippen LogP contribution in [0.5, 0.6) is 0 Å². The first-order chi connectivity index (χ1) is 7.91. The van der Waals surface area contributed by atoms with E-state index in [1.54, 1.807) is 16.9 Å². The Bertz CT molecular complexity index is 318. The smallest absolute Gasteiger partial charge is 0.144 e. The zero-order valence-corrected chi connectivity index (χ0v) is 11.4. The van der Waals surface area contributed by atoms with Gasteiger partial charge in [0.1, 0.15) is 5.78 Å². The summed E-state index contributed by atoms with van der Waals surface area (Å²) in [6.45, 7) is 1.62. The molecule has 0 atom stereocenters. The van der Waals surface area contributed by atoms with E-state index in [1.165, 1.54) is 0 Å². The topological polar surface area (TPSA) is 48.3 Å². The van der Waals surface area contributed by atoms with Gasteiger partial charge in [-0.15, -0.1) is 0 Å². The summed E-state index contributed by atoms with van der Waals surface area (Å²) in [7, 11) is 7.51. The molecule has 0 heterocycles. The number of rotatable bonds is 3. The molecule has 0 amide bonds. The molecule has 1 aliphatic rings. The number of ketones is 1. The van der Waals surface area contributed by atoms with E-state index in [0.29, 0.717) is 0 Å². The minimum Gasteiger partial charge on any atom is -0.303 e. The van der Waals surface area contributed by atoms with E-state index in [4.69, 9.17) is 0 Å². The molecular formula is C12H22N4O. The van der Waals surface area contributed by atoms with Crippen LogP contribution in [0.15, 0.2) is 10.2 Å². The van der Waals surface area contributed by atoms with Gasteiger partial charge in [0.2, 0.25) is 0 Å². The fourth-order valence-electron chi connectivity index (χ4n) is 2.13. The van der Waals surface area contributed by atoms with E-state index in [1.807, 2.05) is 28.2 Å². The van der Waals surface area contributed by atoms with Crippen LogP contribution in [0.4, 0.5) is 0 Å². The highest BCUT2D eigenvalue weighted by Crippen LogP contribution is 2.21. The second-order valence-electron chi connectivity index (χ2n) is 4.77. The molecule has 0 aliphatic heterocycles. The molecule has 96 valence electrons. The van der Waals surface area contributed by atoms with Gasteiger partial charge in [-0.25, -0.2) is 0 Å². The van der Waals surface area contributed by atoms with Gasteiger partial charge in [0, 0.05) is 28.2 Å². The molecule has 0 spiro atoms. The zero-order chi connectivity index (χ0) is 13.0. The molecule has 0 bridgehead atoms. The second kappa shape index (κ2) is 5.80. The maximum atomic E-state index is 11.8. The highest BCUT2D eigenvalue weighted by Gasteiger charge is 2.31. The number of nitrogens with zero attached hydrogens (tertiary/aromatic N) is 4. The Hall–Kier alpha value is -1.39. The van der Waals surface area contributed by atoms with E-state index < -0.39 is 0 Å². The quantitative estimate of drug-likeness (QED) is 0.694. The standard InChI is InChI=1S/C12H22N4O/c1-9(17)12-10(13-15(2)3)7-6-8-11(12)14-16(4)5/h12H,6-8H2,1-5H3. The molecule has 5 nitrogen and oxygen atoms in total. The number of hydrogen-bond donors (Lipinski definition) is 0. The predicted molar refractivity (Wildman–Crippen MR) is 70.3 cm³/mol. The molecule has 0 aromatic rings. The van der Waals surface area contributed by atoms with Crippen LogP contribution >= 0.6 is 0 Å². The van der Waals surface area contributed by atoms with Crippen LogP contribution in [0.2, 0.25) is 0 Å². The molecule has 1 saturated carbocycles. The lowest BCUT2D eigenvalue weighted by atomic mass is 9.83. The van der Waals surface area contributed by atoms with E-state index in [2.05, 4.69) is 10.2 Å². The molecule has 0 aromatic carbocycles. The average Bonchev–Trinajstić information content (AvgIpc) is 2.14. The minimum absolute atomic E-state index is 0.130. The molecule has 0 aromatic heterocycles. The van der Waals surface area contributed by atoms with Crippen LogP contribution in [0, 0.1) is 5.92 Å². The molecular weight excluding hydrogens is 216 g/mol. The van der Waals surface area contributed by atoms with Gasteiger partial charge in [0.15, 0.2) is 0 Å². The van der Waals surface area contributed by atoms with Crippen LogP contribution in [0.1, 0.15) is 26.2 Å². The summed E-state index contributed by atoms with van der Waals surface area (Å²) in [5.74, 6) is -0.0977. The Morgan fingerprint density at radius 3 is 1.76 bits per heavy atom. The van der Waals surface area contributed by atoms with Crippen molar-refractivity contribution in [2.24, 2.45) is 16.1 Å². The summed E-state index contributed by atoms with van der Waals surface area (Å²) < 4.78 is 0. The monoisotopic (exact) mass is 238 g/mol. The Labute approximate surface area is 103 Å². The van der Waals surface area contributed by atoms with Crippen molar-refractivity contribution in [2.45, 2.75) is 26.2 Å². The Kier molecular flexibility index (Phi) is 4.66. The van der Waals surface area contributed by atoms with Crippen molar-refractivity contribution in [3.8, 4) is 0 Å². The molecule has 1 fully saturated rings. The summed E-state index contributed by atoms with van der Waals surface area (Å²) in [5, 5.41) is 12.4. The third-order valence-electron chi connectivity index (χ3n) is 2.60. The first-order valence-electron chi connectivity index (χ1n) is 5.91. The summed E-state index contributed by atoms with van der Waals surface area (Å²) in [6, 6.07) is 0. The summed E-state index contributed by atoms with van der Waals surface area (Å²) in [4.78, 5) is 11.8. The predicted octanol–water partition coefficient (Wildman–Crippen LogP) is 1.21. The number of hydrogen-bond acceptors (Lipinski definition) is 5. The normalized spacial score (nSPS) is 25.1. The maximum absolute atomic E-state index is 11.8.